The third-order valence-corrected chi connectivity index (χ3v) is 4.63. The Morgan fingerprint density at radius 1 is 1.04 bits per heavy atom. The van der Waals surface area contributed by atoms with E-state index in [-0.39, 0.29) is 6.61 Å². The van der Waals surface area contributed by atoms with Crippen molar-refractivity contribution in [2.75, 3.05) is 7.11 Å². The van der Waals surface area contributed by atoms with Crippen molar-refractivity contribution in [3.8, 4) is 5.75 Å². The minimum atomic E-state index is -1.41. The summed E-state index contributed by atoms with van der Waals surface area (Å²) in [6.07, 6.45) is -5.28. The number of ether oxygens (including phenoxy) is 4. The Bertz CT molecular complexity index is 762. The molecule has 7 nitrogen and oxygen atoms in total. The van der Waals surface area contributed by atoms with Gasteiger partial charge in [-0.3, -0.25) is 0 Å². The summed E-state index contributed by atoms with van der Waals surface area (Å²) >= 11 is 0. The first kappa shape index (κ1) is 20.3. The largest absolute Gasteiger partial charge is 0.497 e. The lowest BCUT2D eigenvalue weighted by atomic mass is 9.99. The van der Waals surface area contributed by atoms with E-state index in [1.165, 1.54) is 0 Å². The number of esters is 1. The Hall–Kier alpha value is -2.45. The number of aliphatic hydroxyl groups excluding tert-OH is 2. The van der Waals surface area contributed by atoms with Crippen molar-refractivity contribution in [1.82, 2.24) is 0 Å². The molecule has 2 N–H and O–H groups in total. The first-order valence-electron chi connectivity index (χ1n) is 9.01. The average molecular weight is 388 g/mol. The standard InChI is InChI=1S/C21H24O7/c1-13-17(22)18(26-12-14-8-10-16(25-2)11-9-14)19(21(24)27-13)28-20(23)15-6-4-3-5-7-15/h3-11,13,17-19,21-22,24H,12H2,1-2H3/t13-,17-,18+,19+,21+/m0/s1. The average Bonchev–Trinajstić information content (AvgIpc) is 2.72. The van der Waals surface area contributed by atoms with Crippen molar-refractivity contribution in [2.24, 2.45) is 0 Å². The maximum atomic E-state index is 12.4. The van der Waals surface area contributed by atoms with Crippen LogP contribution in [-0.4, -0.2) is 54.0 Å². The van der Waals surface area contributed by atoms with E-state index < -0.39 is 36.7 Å². The van der Waals surface area contributed by atoms with Crippen LogP contribution in [0.5, 0.6) is 5.75 Å². The third kappa shape index (κ3) is 4.69. The van der Waals surface area contributed by atoms with Crippen molar-refractivity contribution < 1.29 is 34.0 Å². The van der Waals surface area contributed by atoms with Gasteiger partial charge in [0.1, 0.15) is 18.0 Å². The van der Waals surface area contributed by atoms with Crippen LogP contribution in [0.4, 0.5) is 0 Å². The van der Waals surface area contributed by atoms with Gasteiger partial charge in [-0.2, -0.15) is 0 Å². The van der Waals surface area contributed by atoms with Gasteiger partial charge in [0, 0.05) is 0 Å². The van der Waals surface area contributed by atoms with E-state index in [0.717, 1.165) is 5.56 Å². The van der Waals surface area contributed by atoms with E-state index in [0.29, 0.717) is 11.3 Å². The molecule has 2 aromatic carbocycles. The second-order valence-corrected chi connectivity index (χ2v) is 6.58. The smallest absolute Gasteiger partial charge is 0.338 e. The Balaban J connectivity index is 1.72. The highest BCUT2D eigenvalue weighted by Crippen LogP contribution is 2.26. The van der Waals surface area contributed by atoms with Crippen LogP contribution in [-0.2, 0) is 20.8 Å². The fraction of sp³-hybridized carbons (Fsp3) is 0.381. The Kier molecular flexibility index (Phi) is 6.64. The predicted octanol–water partition coefficient (Wildman–Crippen LogP) is 1.90. The van der Waals surface area contributed by atoms with E-state index in [1.54, 1.807) is 56.5 Å². The zero-order valence-corrected chi connectivity index (χ0v) is 15.7. The summed E-state index contributed by atoms with van der Waals surface area (Å²) in [5, 5.41) is 20.8. The first-order valence-corrected chi connectivity index (χ1v) is 9.01. The lowest BCUT2D eigenvalue weighted by Gasteiger charge is -2.41. The van der Waals surface area contributed by atoms with Gasteiger partial charge < -0.3 is 29.2 Å². The minimum Gasteiger partial charge on any atom is -0.497 e. The van der Waals surface area contributed by atoms with Crippen LogP contribution in [0.3, 0.4) is 0 Å². The number of hydrogen-bond acceptors (Lipinski definition) is 7. The van der Waals surface area contributed by atoms with Crippen molar-refractivity contribution in [3.05, 3.63) is 65.7 Å². The summed E-state index contributed by atoms with van der Waals surface area (Å²) in [6.45, 7) is 1.78. The number of carbonyl (C=O) groups is 1. The first-order chi connectivity index (χ1) is 13.5. The summed E-state index contributed by atoms with van der Waals surface area (Å²) < 4.78 is 21.7. The molecule has 0 unspecified atom stereocenters. The molecule has 0 bridgehead atoms. The monoisotopic (exact) mass is 388 g/mol. The molecule has 3 rings (SSSR count). The Labute approximate surface area is 163 Å². The summed E-state index contributed by atoms with van der Waals surface area (Å²) in [5.74, 6) is 0.0848. The molecule has 0 aliphatic carbocycles. The van der Waals surface area contributed by atoms with Gasteiger partial charge in [-0.15, -0.1) is 0 Å². The number of carbonyl (C=O) groups excluding carboxylic acids is 1. The van der Waals surface area contributed by atoms with Gasteiger partial charge >= 0.3 is 5.97 Å². The lowest BCUT2D eigenvalue weighted by Crippen LogP contribution is -2.59. The van der Waals surface area contributed by atoms with Crippen LogP contribution in [0.15, 0.2) is 54.6 Å². The normalized spacial score (nSPS) is 27.2. The number of methoxy groups -OCH3 is 1. The molecule has 0 radical (unpaired) electrons. The van der Waals surface area contributed by atoms with Gasteiger partial charge in [-0.25, -0.2) is 4.79 Å². The van der Waals surface area contributed by atoms with Crippen LogP contribution in [0.25, 0.3) is 0 Å². The highest BCUT2D eigenvalue weighted by molar-refractivity contribution is 5.89. The van der Waals surface area contributed by atoms with Gasteiger partial charge in [-0.05, 0) is 36.8 Å². The summed E-state index contributed by atoms with van der Waals surface area (Å²) in [5.41, 5.74) is 1.17. The van der Waals surface area contributed by atoms with Gasteiger partial charge in [0.2, 0.25) is 0 Å². The van der Waals surface area contributed by atoms with Crippen LogP contribution < -0.4 is 4.74 Å². The van der Waals surface area contributed by atoms with Gasteiger partial charge in [-0.1, -0.05) is 30.3 Å². The van der Waals surface area contributed by atoms with Gasteiger partial charge in [0.15, 0.2) is 12.4 Å². The number of hydrogen-bond donors (Lipinski definition) is 2. The predicted molar refractivity (Wildman–Crippen MR) is 99.8 cm³/mol. The Morgan fingerprint density at radius 3 is 2.36 bits per heavy atom. The molecule has 0 aromatic heterocycles. The van der Waals surface area contributed by atoms with Crippen LogP contribution >= 0.6 is 0 Å². The van der Waals surface area contributed by atoms with E-state index in [9.17, 15) is 15.0 Å². The molecule has 1 heterocycles. The molecular formula is C21H24O7. The maximum absolute atomic E-state index is 12.4. The molecule has 7 heteroatoms. The van der Waals surface area contributed by atoms with E-state index in [2.05, 4.69) is 0 Å². The maximum Gasteiger partial charge on any atom is 0.338 e. The highest BCUT2D eigenvalue weighted by atomic mass is 16.7. The van der Waals surface area contributed by atoms with Crippen molar-refractivity contribution in [3.63, 3.8) is 0 Å². The molecule has 5 atom stereocenters. The molecule has 2 aromatic rings. The molecule has 1 aliphatic rings. The summed E-state index contributed by atoms with van der Waals surface area (Å²) in [7, 11) is 1.58. The molecule has 1 aliphatic heterocycles. The van der Waals surface area contributed by atoms with Gasteiger partial charge in [0.25, 0.3) is 0 Å². The zero-order valence-electron chi connectivity index (χ0n) is 15.7. The summed E-state index contributed by atoms with van der Waals surface area (Å²) in [4.78, 5) is 12.4. The SMILES string of the molecule is COc1ccc(CO[C@@H]2[C@@H](O)[C@H](C)O[C@@H](O)[C@@H]2OC(=O)c2ccccc2)cc1. The molecule has 1 saturated heterocycles. The van der Waals surface area contributed by atoms with E-state index >= 15 is 0 Å². The molecule has 0 amide bonds. The minimum absolute atomic E-state index is 0.157. The third-order valence-electron chi connectivity index (χ3n) is 4.63. The zero-order chi connectivity index (χ0) is 20.1. The fourth-order valence-electron chi connectivity index (χ4n) is 3.00. The quantitative estimate of drug-likeness (QED) is 0.730. The summed E-state index contributed by atoms with van der Waals surface area (Å²) in [6, 6.07) is 15.6. The number of benzene rings is 2. The molecular weight excluding hydrogens is 364 g/mol. The van der Waals surface area contributed by atoms with Crippen LogP contribution in [0, 0.1) is 0 Å². The second kappa shape index (κ2) is 9.16. The number of rotatable bonds is 6. The molecule has 28 heavy (non-hydrogen) atoms. The fourth-order valence-corrected chi connectivity index (χ4v) is 3.00. The highest BCUT2D eigenvalue weighted by Gasteiger charge is 2.46. The van der Waals surface area contributed by atoms with E-state index in [1.807, 2.05) is 12.1 Å². The van der Waals surface area contributed by atoms with Crippen molar-refractivity contribution in [1.29, 1.82) is 0 Å². The second-order valence-electron chi connectivity index (χ2n) is 6.58. The molecule has 0 saturated carbocycles. The van der Waals surface area contributed by atoms with Crippen molar-refractivity contribution >= 4 is 5.97 Å². The number of aliphatic hydroxyl groups is 2. The van der Waals surface area contributed by atoms with Gasteiger partial charge in [0.05, 0.1) is 25.4 Å². The molecule has 150 valence electrons. The molecule has 1 fully saturated rings. The molecule has 0 spiro atoms. The van der Waals surface area contributed by atoms with Crippen LogP contribution in [0.2, 0.25) is 0 Å². The van der Waals surface area contributed by atoms with Crippen LogP contribution in [0.1, 0.15) is 22.8 Å². The topological polar surface area (TPSA) is 94.5 Å². The lowest BCUT2D eigenvalue weighted by molar-refractivity contribution is -0.286. The Morgan fingerprint density at radius 2 is 1.71 bits per heavy atom. The van der Waals surface area contributed by atoms with E-state index in [4.69, 9.17) is 18.9 Å². The van der Waals surface area contributed by atoms with Crippen molar-refractivity contribution in [2.45, 2.75) is 44.2 Å².